The summed E-state index contributed by atoms with van der Waals surface area (Å²) in [5, 5.41) is 13.4. The molecule has 1 heterocycles. The Morgan fingerprint density at radius 2 is 2.12 bits per heavy atom. The minimum absolute atomic E-state index is 0.223. The van der Waals surface area contributed by atoms with Crippen molar-refractivity contribution in [1.82, 2.24) is 10.3 Å². The maximum absolute atomic E-state index is 8.88. The number of para-hydroxylation sites is 1. The molecule has 0 bridgehead atoms. The molecule has 17 heavy (non-hydrogen) atoms. The normalized spacial score (nSPS) is 15.0. The molecule has 0 aliphatic rings. The molecule has 0 aliphatic heterocycles. The van der Waals surface area contributed by atoms with Crippen molar-refractivity contribution >= 4 is 21.6 Å². The minimum Gasteiger partial charge on any atom is -0.396 e. The summed E-state index contributed by atoms with van der Waals surface area (Å²) in [5.74, 6) is 0. The van der Waals surface area contributed by atoms with Gasteiger partial charge in [0.25, 0.3) is 0 Å². The largest absolute Gasteiger partial charge is 0.396 e. The van der Waals surface area contributed by atoms with E-state index in [0.29, 0.717) is 6.04 Å². The fourth-order valence-electron chi connectivity index (χ4n) is 1.85. The average Bonchev–Trinajstić information content (AvgIpc) is 2.72. The standard InChI is InChI=1S/C13H18N2OS/c1-9(7-8-16)14-10(2)13-15-11-5-3-4-6-12(11)17-13/h3-6,9-10,14,16H,7-8H2,1-2H3. The molecule has 0 radical (unpaired) electrons. The number of rotatable bonds is 5. The summed E-state index contributed by atoms with van der Waals surface area (Å²) in [7, 11) is 0. The van der Waals surface area contributed by atoms with Gasteiger partial charge in [0.2, 0.25) is 0 Å². The van der Waals surface area contributed by atoms with Gasteiger partial charge in [-0.05, 0) is 32.4 Å². The Morgan fingerprint density at radius 1 is 1.35 bits per heavy atom. The van der Waals surface area contributed by atoms with Crippen molar-refractivity contribution in [3.63, 3.8) is 0 Å². The quantitative estimate of drug-likeness (QED) is 0.857. The summed E-state index contributed by atoms with van der Waals surface area (Å²) >= 11 is 1.73. The average molecular weight is 250 g/mol. The number of hydrogen-bond acceptors (Lipinski definition) is 4. The highest BCUT2D eigenvalue weighted by molar-refractivity contribution is 7.18. The first-order chi connectivity index (χ1) is 8.20. The molecule has 1 aromatic heterocycles. The Kier molecular flexibility index (Phi) is 4.10. The van der Waals surface area contributed by atoms with Crippen molar-refractivity contribution < 1.29 is 5.11 Å². The summed E-state index contributed by atoms with van der Waals surface area (Å²) in [5.41, 5.74) is 1.07. The summed E-state index contributed by atoms with van der Waals surface area (Å²) in [6.45, 7) is 4.42. The van der Waals surface area contributed by atoms with Crippen LogP contribution >= 0.6 is 11.3 Å². The van der Waals surface area contributed by atoms with E-state index in [2.05, 4.69) is 30.2 Å². The topological polar surface area (TPSA) is 45.1 Å². The second-order valence-corrected chi connectivity index (χ2v) is 5.38. The van der Waals surface area contributed by atoms with Crippen molar-refractivity contribution in [3.8, 4) is 0 Å². The van der Waals surface area contributed by atoms with Crippen molar-refractivity contribution in [2.45, 2.75) is 32.4 Å². The van der Waals surface area contributed by atoms with Crippen molar-refractivity contribution in [2.24, 2.45) is 0 Å². The third kappa shape index (κ3) is 3.03. The van der Waals surface area contributed by atoms with Crippen molar-refractivity contribution in [2.75, 3.05) is 6.61 Å². The molecule has 2 aromatic rings. The molecular formula is C13H18N2OS. The summed E-state index contributed by atoms with van der Waals surface area (Å²) in [6, 6.07) is 8.73. The predicted molar refractivity (Wildman–Crippen MR) is 72.3 cm³/mol. The van der Waals surface area contributed by atoms with Crippen LogP contribution in [0.2, 0.25) is 0 Å². The van der Waals surface area contributed by atoms with Gasteiger partial charge in [0.05, 0.1) is 16.3 Å². The van der Waals surface area contributed by atoms with Crippen LogP contribution in [-0.2, 0) is 0 Å². The highest BCUT2D eigenvalue weighted by Gasteiger charge is 2.13. The summed E-state index contributed by atoms with van der Waals surface area (Å²) in [6.07, 6.45) is 0.773. The molecule has 0 amide bonds. The van der Waals surface area contributed by atoms with Crippen LogP contribution in [0.1, 0.15) is 31.3 Å². The van der Waals surface area contributed by atoms with Crippen LogP contribution in [0.4, 0.5) is 0 Å². The van der Waals surface area contributed by atoms with Crippen LogP contribution in [0.5, 0.6) is 0 Å². The number of aliphatic hydroxyl groups is 1. The van der Waals surface area contributed by atoms with Gasteiger partial charge in [0, 0.05) is 12.6 Å². The molecule has 4 heteroatoms. The molecule has 2 rings (SSSR count). The lowest BCUT2D eigenvalue weighted by Crippen LogP contribution is -2.29. The Hall–Kier alpha value is -0.970. The Bertz CT molecular complexity index is 450. The van der Waals surface area contributed by atoms with E-state index in [9.17, 15) is 0 Å². The number of nitrogens with one attached hydrogen (secondary N) is 1. The van der Waals surface area contributed by atoms with E-state index < -0.39 is 0 Å². The first-order valence-electron chi connectivity index (χ1n) is 5.93. The molecule has 1 aromatic carbocycles. The van der Waals surface area contributed by atoms with Gasteiger partial charge < -0.3 is 10.4 Å². The molecule has 0 fully saturated rings. The third-order valence-electron chi connectivity index (χ3n) is 2.78. The maximum atomic E-state index is 8.88. The molecule has 0 aliphatic carbocycles. The molecule has 92 valence electrons. The monoisotopic (exact) mass is 250 g/mol. The molecular weight excluding hydrogens is 232 g/mol. The third-order valence-corrected chi connectivity index (χ3v) is 4.00. The van der Waals surface area contributed by atoms with Gasteiger partial charge in [0.1, 0.15) is 5.01 Å². The zero-order chi connectivity index (χ0) is 12.3. The Labute approximate surface area is 106 Å². The van der Waals surface area contributed by atoms with Crippen LogP contribution < -0.4 is 5.32 Å². The lowest BCUT2D eigenvalue weighted by molar-refractivity contribution is 0.264. The minimum atomic E-state index is 0.223. The van der Waals surface area contributed by atoms with Gasteiger partial charge in [-0.2, -0.15) is 0 Å². The number of aromatic nitrogens is 1. The number of fused-ring (bicyclic) bond motifs is 1. The lowest BCUT2D eigenvalue weighted by atomic mass is 10.2. The highest BCUT2D eigenvalue weighted by Crippen LogP contribution is 2.26. The molecule has 0 saturated carbocycles. The van der Waals surface area contributed by atoms with E-state index in [1.165, 1.54) is 4.70 Å². The van der Waals surface area contributed by atoms with E-state index in [-0.39, 0.29) is 12.6 Å². The van der Waals surface area contributed by atoms with Crippen LogP contribution in [0.25, 0.3) is 10.2 Å². The van der Waals surface area contributed by atoms with Crippen LogP contribution in [0.3, 0.4) is 0 Å². The van der Waals surface area contributed by atoms with E-state index in [1.807, 2.05) is 18.2 Å². The number of hydrogen-bond donors (Lipinski definition) is 2. The van der Waals surface area contributed by atoms with Gasteiger partial charge in [-0.15, -0.1) is 11.3 Å². The maximum Gasteiger partial charge on any atom is 0.111 e. The lowest BCUT2D eigenvalue weighted by Gasteiger charge is -2.17. The van der Waals surface area contributed by atoms with Crippen LogP contribution in [0, 0.1) is 0 Å². The van der Waals surface area contributed by atoms with Gasteiger partial charge in [-0.1, -0.05) is 12.1 Å². The molecule has 2 N–H and O–H groups in total. The number of nitrogens with zero attached hydrogens (tertiary/aromatic N) is 1. The Morgan fingerprint density at radius 3 is 2.82 bits per heavy atom. The fourth-order valence-corrected chi connectivity index (χ4v) is 2.83. The SMILES string of the molecule is CC(CCO)NC(C)c1nc2ccccc2s1. The Balaban J connectivity index is 2.10. The first-order valence-corrected chi connectivity index (χ1v) is 6.74. The number of thiazole rings is 1. The van der Waals surface area contributed by atoms with Gasteiger partial charge >= 0.3 is 0 Å². The molecule has 0 saturated heterocycles. The number of benzene rings is 1. The van der Waals surface area contributed by atoms with E-state index in [1.54, 1.807) is 11.3 Å². The van der Waals surface area contributed by atoms with E-state index in [4.69, 9.17) is 5.11 Å². The van der Waals surface area contributed by atoms with Crippen LogP contribution in [-0.4, -0.2) is 22.7 Å². The second-order valence-electron chi connectivity index (χ2n) is 4.32. The number of aliphatic hydroxyl groups excluding tert-OH is 1. The fraction of sp³-hybridized carbons (Fsp3) is 0.462. The zero-order valence-electron chi connectivity index (χ0n) is 10.2. The van der Waals surface area contributed by atoms with Gasteiger partial charge in [0.15, 0.2) is 0 Å². The predicted octanol–water partition coefficient (Wildman–Crippen LogP) is 2.72. The highest BCUT2D eigenvalue weighted by atomic mass is 32.1. The molecule has 3 nitrogen and oxygen atoms in total. The smallest absolute Gasteiger partial charge is 0.111 e. The van der Waals surface area contributed by atoms with Crippen molar-refractivity contribution in [1.29, 1.82) is 0 Å². The van der Waals surface area contributed by atoms with Gasteiger partial charge in [-0.25, -0.2) is 4.98 Å². The summed E-state index contributed by atoms with van der Waals surface area (Å²) < 4.78 is 1.23. The van der Waals surface area contributed by atoms with Crippen LogP contribution in [0.15, 0.2) is 24.3 Å². The molecule has 2 atom stereocenters. The molecule has 2 unspecified atom stereocenters. The molecule has 0 spiro atoms. The zero-order valence-corrected chi connectivity index (χ0v) is 11.0. The van der Waals surface area contributed by atoms with Gasteiger partial charge in [-0.3, -0.25) is 0 Å². The summed E-state index contributed by atoms with van der Waals surface area (Å²) in [4.78, 5) is 4.62. The van der Waals surface area contributed by atoms with E-state index in [0.717, 1.165) is 16.9 Å². The van der Waals surface area contributed by atoms with Crippen molar-refractivity contribution in [3.05, 3.63) is 29.3 Å². The second kappa shape index (κ2) is 5.58. The van der Waals surface area contributed by atoms with E-state index >= 15 is 0 Å². The first kappa shape index (κ1) is 12.5.